The summed E-state index contributed by atoms with van der Waals surface area (Å²) in [7, 11) is -0.254. The quantitative estimate of drug-likeness (QED) is 0.565. The summed E-state index contributed by atoms with van der Waals surface area (Å²) in [5.74, 6) is -1.71. The van der Waals surface area contributed by atoms with E-state index in [1.165, 1.54) is 36.1 Å². The van der Waals surface area contributed by atoms with Gasteiger partial charge in [0.2, 0.25) is 6.10 Å². The van der Waals surface area contributed by atoms with Crippen molar-refractivity contribution < 1.29 is 28.0 Å². The number of carbonyl (C=O) groups is 2. The van der Waals surface area contributed by atoms with Gasteiger partial charge >= 0.3 is 5.97 Å². The number of carbonyl (C=O) groups excluding carboxylic acids is 1. The van der Waals surface area contributed by atoms with Crippen molar-refractivity contribution >= 4 is 27.4 Å². The highest BCUT2D eigenvalue weighted by molar-refractivity contribution is 7.92. The molecule has 1 aromatic rings. The van der Waals surface area contributed by atoms with Crippen LogP contribution in [0.15, 0.2) is 34.3 Å². The number of sulfone groups is 1. The van der Waals surface area contributed by atoms with Crippen LogP contribution in [0.2, 0.25) is 0 Å². The Kier molecular flexibility index (Phi) is 5.46. The summed E-state index contributed by atoms with van der Waals surface area (Å²) < 4.78 is 24.3. The van der Waals surface area contributed by atoms with Crippen molar-refractivity contribution in [3.8, 4) is 0 Å². The van der Waals surface area contributed by atoms with Gasteiger partial charge in [0.05, 0.1) is 10.1 Å². The van der Waals surface area contributed by atoms with Crippen molar-refractivity contribution in [3.05, 3.63) is 29.8 Å². The number of aliphatic carboxylic acids is 1. The second kappa shape index (κ2) is 7.22. The van der Waals surface area contributed by atoms with Crippen LogP contribution in [0.25, 0.3) is 0 Å². The van der Waals surface area contributed by atoms with E-state index in [9.17, 15) is 23.1 Å². The third kappa shape index (κ3) is 4.36. The van der Waals surface area contributed by atoms with Crippen LogP contribution in [0, 0.1) is 0 Å². The van der Waals surface area contributed by atoms with Gasteiger partial charge in [-0.25, -0.2) is 13.2 Å². The smallest absolute Gasteiger partial charge is 0.358 e. The number of oxime groups is 1. The van der Waals surface area contributed by atoms with Crippen molar-refractivity contribution in [2.45, 2.75) is 36.0 Å². The summed E-state index contributed by atoms with van der Waals surface area (Å²) in [4.78, 5) is 29.5. The molecule has 0 spiro atoms. The number of benzene rings is 1. The van der Waals surface area contributed by atoms with Crippen LogP contribution in [-0.2, 0) is 24.3 Å². The Labute approximate surface area is 146 Å². The maximum absolute atomic E-state index is 12.1. The fraction of sp³-hybridized carbons (Fsp3) is 0.438. The van der Waals surface area contributed by atoms with E-state index in [4.69, 9.17) is 4.84 Å². The fourth-order valence-electron chi connectivity index (χ4n) is 2.13. The van der Waals surface area contributed by atoms with E-state index in [0.717, 1.165) is 0 Å². The molecule has 1 saturated carbocycles. The maximum Gasteiger partial charge on any atom is 0.358 e. The summed E-state index contributed by atoms with van der Waals surface area (Å²) in [5, 5.41) is 12.5. The van der Waals surface area contributed by atoms with Gasteiger partial charge in [0.25, 0.3) is 5.91 Å². The monoisotopic (exact) mass is 368 g/mol. The Morgan fingerprint density at radius 2 is 1.80 bits per heavy atom. The van der Waals surface area contributed by atoms with Crippen LogP contribution < -0.4 is 0 Å². The first kappa shape index (κ1) is 18.9. The number of rotatable bonds is 7. The van der Waals surface area contributed by atoms with E-state index in [1.807, 2.05) is 0 Å². The summed E-state index contributed by atoms with van der Waals surface area (Å²) in [5.41, 5.74) is -0.222. The number of carboxylic acids is 1. The minimum Gasteiger partial charge on any atom is -0.476 e. The molecule has 1 atom stereocenters. The predicted molar refractivity (Wildman–Crippen MR) is 90.1 cm³/mol. The number of nitrogens with zero attached hydrogens (tertiary/aromatic N) is 2. The van der Waals surface area contributed by atoms with Crippen molar-refractivity contribution in [2.75, 3.05) is 14.1 Å². The standard InChI is InChI=1S/C16H20N2O6S/c1-10(15(19)18(2)3)24-17-14(16(20)21)11-4-6-12(7-5-11)25(22,23)13-8-9-13/h4-7,10,13H,8-9H2,1-3H3,(H,20,21)/b17-14+/t10-/m0/s1. The van der Waals surface area contributed by atoms with E-state index in [2.05, 4.69) is 5.16 Å². The van der Waals surface area contributed by atoms with Crippen LogP contribution in [0.5, 0.6) is 0 Å². The zero-order valence-corrected chi connectivity index (χ0v) is 15.0. The third-order valence-electron chi connectivity index (χ3n) is 3.71. The molecule has 0 radical (unpaired) electrons. The van der Waals surface area contributed by atoms with Gasteiger partial charge in [0.15, 0.2) is 15.5 Å². The largest absolute Gasteiger partial charge is 0.476 e. The van der Waals surface area contributed by atoms with Gasteiger partial charge < -0.3 is 14.8 Å². The molecule has 1 fully saturated rings. The zero-order chi connectivity index (χ0) is 18.8. The lowest BCUT2D eigenvalue weighted by Crippen LogP contribution is -2.33. The summed E-state index contributed by atoms with van der Waals surface area (Å²) in [6, 6.07) is 5.44. The zero-order valence-electron chi connectivity index (χ0n) is 14.2. The Morgan fingerprint density at radius 3 is 2.24 bits per heavy atom. The molecule has 136 valence electrons. The molecule has 0 bridgehead atoms. The number of amides is 1. The normalized spacial score (nSPS) is 16.2. The Morgan fingerprint density at radius 1 is 1.24 bits per heavy atom. The van der Waals surface area contributed by atoms with Crippen LogP contribution in [0.4, 0.5) is 0 Å². The first-order chi connectivity index (χ1) is 11.6. The van der Waals surface area contributed by atoms with Crippen LogP contribution >= 0.6 is 0 Å². The molecule has 1 N–H and O–H groups in total. The second-order valence-corrected chi connectivity index (χ2v) is 8.22. The highest BCUT2D eigenvalue weighted by Gasteiger charge is 2.36. The molecule has 0 unspecified atom stereocenters. The lowest BCUT2D eigenvalue weighted by Gasteiger charge is -2.15. The predicted octanol–water partition coefficient (Wildman–Crippen LogP) is 0.905. The average molecular weight is 368 g/mol. The molecule has 1 aliphatic rings. The lowest BCUT2D eigenvalue weighted by molar-refractivity contribution is -0.140. The van der Waals surface area contributed by atoms with E-state index in [-0.39, 0.29) is 21.6 Å². The summed E-state index contributed by atoms with van der Waals surface area (Å²) in [6.45, 7) is 1.45. The van der Waals surface area contributed by atoms with Gasteiger partial charge in [-0.15, -0.1) is 0 Å². The van der Waals surface area contributed by atoms with Crippen molar-refractivity contribution in [2.24, 2.45) is 5.16 Å². The van der Waals surface area contributed by atoms with Gasteiger partial charge in [0.1, 0.15) is 0 Å². The van der Waals surface area contributed by atoms with E-state index in [1.54, 1.807) is 14.1 Å². The van der Waals surface area contributed by atoms with Crippen molar-refractivity contribution in [1.82, 2.24) is 4.90 Å². The SMILES string of the molecule is C[C@H](O/N=C(/C(=O)O)c1ccc(S(=O)(=O)C2CC2)cc1)C(=O)N(C)C. The van der Waals surface area contributed by atoms with Gasteiger partial charge in [-0.3, -0.25) is 4.79 Å². The van der Waals surface area contributed by atoms with E-state index >= 15 is 0 Å². The molecule has 0 aromatic heterocycles. The molecular formula is C16H20N2O6S. The minimum absolute atomic E-state index is 0.153. The first-order valence-corrected chi connectivity index (χ1v) is 9.22. The van der Waals surface area contributed by atoms with Gasteiger partial charge in [-0.1, -0.05) is 17.3 Å². The summed E-state index contributed by atoms with van der Waals surface area (Å²) in [6.07, 6.45) is 0.355. The van der Waals surface area contributed by atoms with Crippen molar-refractivity contribution in [1.29, 1.82) is 0 Å². The lowest BCUT2D eigenvalue weighted by atomic mass is 10.1. The minimum atomic E-state index is -3.34. The van der Waals surface area contributed by atoms with Crippen LogP contribution in [-0.4, -0.2) is 61.5 Å². The third-order valence-corrected chi connectivity index (χ3v) is 5.99. The molecule has 1 aromatic carbocycles. The van der Waals surface area contributed by atoms with Gasteiger partial charge in [0, 0.05) is 19.7 Å². The Hall–Kier alpha value is -2.42. The molecule has 9 heteroatoms. The molecule has 0 aliphatic heterocycles. The second-order valence-electron chi connectivity index (χ2n) is 5.99. The van der Waals surface area contributed by atoms with Gasteiger partial charge in [-0.2, -0.15) is 0 Å². The molecule has 8 nitrogen and oxygen atoms in total. The molecular weight excluding hydrogens is 348 g/mol. The number of hydrogen-bond donors (Lipinski definition) is 1. The Bertz CT molecular complexity index is 794. The molecule has 2 rings (SSSR count). The highest BCUT2D eigenvalue weighted by atomic mass is 32.2. The molecule has 1 aliphatic carbocycles. The number of hydrogen-bond acceptors (Lipinski definition) is 6. The summed E-state index contributed by atoms with van der Waals surface area (Å²) >= 11 is 0. The topological polar surface area (TPSA) is 113 Å². The molecule has 0 heterocycles. The number of carboxylic acid groups (broad SMARTS) is 1. The molecule has 1 amide bonds. The molecule has 0 saturated heterocycles. The van der Waals surface area contributed by atoms with Gasteiger partial charge in [-0.05, 0) is 31.9 Å². The Balaban J connectivity index is 2.21. The number of likely N-dealkylation sites (N-methyl/N-ethyl adjacent to an activating group) is 1. The highest BCUT2D eigenvalue weighted by Crippen LogP contribution is 2.33. The first-order valence-electron chi connectivity index (χ1n) is 7.67. The van der Waals surface area contributed by atoms with Crippen LogP contribution in [0.3, 0.4) is 0 Å². The molecule has 25 heavy (non-hydrogen) atoms. The van der Waals surface area contributed by atoms with Crippen LogP contribution in [0.1, 0.15) is 25.3 Å². The van der Waals surface area contributed by atoms with E-state index < -0.39 is 27.6 Å². The van der Waals surface area contributed by atoms with E-state index in [0.29, 0.717) is 12.8 Å². The average Bonchev–Trinajstić information content (AvgIpc) is 3.39. The fourth-order valence-corrected chi connectivity index (χ4v) is 3.79. The maximum atomic E-state index is 12.1. The van der Waals surface area contributed by atoms with Crippen molar-refractivity contribution in [3.63, 3.8) is 0 Å².